The summed E-state index contributed by atoms with van der Waals surface area (Å²) in [6.07, 6.45) is 3.37. The summed E-state index contributed by atoms with van der Waals surface area (Å²) in [4.78, 5) is 3.77. The van der Waals surface area contributed by atoms with Crippen LogP contribution in [0.15, 0.2) is 26.7 Å². The van der Waals surface area contributed by atoms with Crippen LogP contribution in [0.1, 0.15) is 13.8 Å². The molecule has 0 aromatic heterocycles. The van der Waals surface area contributed by atoms with Crippen molar-refractivity contribution in [3.8, 4) is 0 Å². The molecule has 0 N–H and O–H groups in total. The van der Waals surface area contributed by atoms with E-state index in [0.717, 1.165) is 5.57 Å². The van der Waals surface area contributed by atoms with Crippen molar-refractivity contribution in [1.29, 1.82) is 0 Å². The van der Waals surface area contributed by atoms with Crippen LogP contribution in [0.25, 0.3) is 0 Å². The first-order chi connectivity index (χ1) is 5.13. The molecule has 11 heavy (non-hydrogen) atoms. The predicted molar refractivity (Wildman–Crippen MR) is 52.6 cm³/mol. The highest BCUT2D eigenvalue weighted by molar-refractivity contribution is 6.42. The Bertz CT molecular complexity index is 214. The molecule has 0 heterocycles. The molecule has 0 aromatic rings. The highest BCUT2D eigenvalue weighted by atomic mass is 35.5. The van der Waals surface area contributed by atoms with E-state index in [1.807, 2.05) is 13.8 Å². The molecule has 0 aliphatic rings. The zero-order valence-corrected chi connectivity index (χ0v) is 8.37. The molecule has 0 rings (SSSR count). The number of allylic oxidation sites excluding steroid dienone is 4. The molecule has 0 fully saturated rings. The average Bonchev–Trinajstić information content (AvgIpc) is 2.02. The molecule has 0 aromatic carbocycles. The smallest absolute Gasteiger partial charge is 0.0628 e. The summed E-state index contributed by atoms with van der Waals surface area (Å²) in [6, 6.07) is 0. The maximum Gasteiger partial charge on any atom is 0.0628 e. The lowest BCUT2D eigenvalue weighted by molar-refractivity contribution is 1.44. The fourth-order valence-corrected chi connectivity index (χ4v) is 0.890. The normalized spacial score (nSPS) is 15.5. The number of nitrogens with zero attached hydrogens (tertiary/aromatic N) is 1. The second-order valence-electron chi connectivity index (χ2n) is 2.00. The molecule has 0 bridgehead atoms. The standard InChI is InChI=1S/C8H11Cl2N/c1-4-7(9)6(2)8(10)5-11-3/h4-5H,1-3H3/b7-4+,8-6+,11-5+. The van der Waals surface area contributed by atoms with Crippen LogP contribution < -0.4 is 0 Å². The van der Waals surface area contributed by atoms with E-state index in [0.29, 0.717) is 10.1 Å². The van der Waals surface area contributed by atoms with Crippen LogP contribution in [0.3, 0.4) is 0 Å². The number of hydrogen-bond acceptors (Lipinski definition) is 1. The van der Waals surface area contributed by atoms with Gasteiger partial charge in [-0.1, -0.05) is 29.3 Å². The molecular formula is C8H11Cl2N. The molecule has 0 amide bonds. The SMILES string of the molecule is C\C=C(Cl)/C(C)=C(Cl)\C=N\C. The van der Waals surface area contributed by atoms with Crippen LogP contribution in [0.4, 0.5) is 0 Å². The molecule has 0 aliphatic carbocycles. The van der Waals surface area contributed by atoms with Crippen molar-refractivity contribution in [2.24, 2.45) is 4.99 Å². The lowest BCUT2D eigenvalue weighted by Crippen LogP contribution is -1.83. The molecule has 0 atom stereocenters. The maximum absolute atomic E-state index is 5.81. The number of rotatable bonds is 2. The number of hydrogen-bond donors (Lipinski definition) is 0. The Labute approximate surface area is 77.4 Å². The average molecular weight is 192 g/mol. The molecule has 0 saturated carbocycles. The molecule has 0 aliphatic heterocycles. The van der Waals surface area contributed by atoms with Crippen LogP contribution in [-0.4, -0.2) is 13.3 Å². The second kappa shape index (κ2) is 5.39. The fourth-order valence-electron chi connectivity index (χ4n) is 0.541. The lowest BCUT2D eigenvalue weighted by Gasteiger charge is -1.98. The van der Waals surface area contributed by atoms with Gasteiger partial charge in [0.15, 0.2) is 0 Å². The summed E-state index contributed by atoms with van der Waals surface area (Å²) >= 11 is 11.6. The van der Waals surface area contributed by atoms with Crippen molar-refractivity contribution in [2.45, 2.75) is 13.8 Å². The lowest BCUT2D eigenvalue weighted by atomic mass is 10.2. The van der Waals surface area contributed by atoms with E-state index in [4.69, 9.17) is 23.2 Å². The summed E-state index contributed by atoms with van der Waals surface area (Å²) in [7, 11) is 1.67. The molecular weight excluding hydrogens is 181 g/mol. The predicted octanol–water partition coefficient (Wildman–Crippen LogP) is 3.34. The van der Waals surface area contributed by atoms with Crippen molar-refractivity contribution in [2.75, 3.05) is 7.05 Å². The minimum absolute atomic E-state index is 0.579. The van der Waals surface area contributed by atoms with Crippen molar-refractivity contribution in [1.82, 2.24) is 0 Å². The maximum atomic E-state index is 5.81. The number of halogens is 2. The van der Waals surface area contributed by atoms with Crippen molar-refractivity contribution in [3.63, 3.8) is 0 Å². The third-order valence-corrected chi connectivity index (χ3v) is 2.10. The summed E-state index contributed by atoms with van der Waals surface area (Å²) in [5.74, 6) is 0. The van der Waals surface area contributed by atoms with E-state index in [1.54, 1.807) is 19.3 Å². The monoisotopic (exact) mass is 191 g/mol. The van der Waals surface area contributed by atoms with Gasteiger partial charge in [0.05, 0.1) is 5.03 Å². The zero-order chi connectivity index (χ0) is 8.85. The van der Waals surface area contributed by atoms with E-state index in [-0.39, 0.29) is 0 Å². The second-order valence-corrected chi connectivity index (χ2v) is 2.81. The molecule has 0 unspecified atom stereocenters. The van der Waals surface area contributed by atoms with E-state index < -0.39 is 0 Å². The zero-order valence-electron chi connectivity index (χ0n) is 6.86. The molecule has 1 nitrogen and oxygen atoms in total. The Kier molecular flexibility index (Phi) is 5.26. The van der Waals surface area contributed by atoms with Gasteiger partial charge in [-0.3, -0.25) is 4.99 Å². The highest BCUT2D eigenvalue weighted by Gasteiger charge is 1.98. The first kappa shape index (κ1) is 10.7. The van der Waals surface area contributed by atoms with E-state index in [2.05, 4.69) is 4.99 Å². The van der Waals surface area contributed by atoms with Gasteiger partial charge in [-0.2, -0.15) is 0 Å². The van der Waals surface area contributed by atoms with E-state index >= 15 is 0 Å². The van der Waals surface area contributed by atoms with Crippen LogP contribution in [0.5, 0.6) is 0 Å². The van der Waals surface area contributed by atoms with Crippen molar-refractivity contribution >= 4 is 29.4 Å². The molecule has 0 spiro atoms. The molecule has 0 saturated heterocycles. The van der Waals surface area contributed by atoms with E-state index in [1.165, 1.54) is 0 Å². The van der Waals surface area contributed by atoms with Gasteiger partial charge in [-0.15, -0.1) is 0 Å². The topological polar surface area (TPSA) is 12.4 Å². The third-order valence-electron chi connectivity index (χ3n) is 1.21. The van der Waals surface area contributed by atoms with Crippen LogP contribution in [0.2, 0.25) is 0 Å². The van der Waals surface area contributed by atoms with Gasteiger partial charge in [0.2, 0.25) is 0 Å². The van der Waals surface area contributed by atoms with Crippen LogP contribution in [0, 0.1) is 0 Å². The Morgan fingerprint density at radius 3 is 2.27 bits per heavy atom. The van der Waals surface area contributed by atoms with Crippen LogP contribution >= 0.6 is 23.2 Å². The van der Waals surface area contributed by atoms with Crippen molar-refractivity contribution < 1.29 is 0 Å². The molecule has 3 heteroatoms. The van der Waals surface area contributed by atoms with Crippen molar-refractivity contribution in [3.05, 3.63) is 21.7 Å². The minimum Gasteiger partial charge on any atom is -0.295 e. The Hall–Kier alpha value is -0.270. The first-order valence-corrected chi connectivity index (χ1v) is 3.99. The Morgan fingerprint density at radius 2 is 1.91 bits per heavy atom. The Balaban J connectivity index is 4.66. The highest BCUT2D eigenvalue weighted by Crippen LogP contribution is 2.19. The van der Waals surface area contributed by atoms with Gasteiger partial charge >= 0.3 is 0 Å². The fraction of sp³-hybridized carbons (Fsp3) is 0.375. The summed E-state index contributed by atoms with van der Waals surface area (Å²) in [5.41, 5.74) is 0.849. The first-order valence-electron chi connectivity index (χ1n) is 3.24. The molecule has 62 valence electrons. The summed E-state index contributed by atoms with van der Waals surface area (Å²) in [6.45, 7) is 3.71. The summed E-state index contributed by atoms with van der Waals surface area (Å²) in [5, 5.41) is 1.24. The van der Waals surface area contributed by atoms with Gasteiger partial charge in [0.25, 0.3) is 0 Å². The largest absolute Gasteiger partial charge is 0.295 e. The van der Waals surface area contributed by atoms with Gasteiger partial charge < -0.3 is 0 Å². The van der Waals surface area contributed by atoms with E-state index in [9.17, 15) is 0 Å². The molecule has 0 radical (unpaired) electrons. The van der Waals surface area contributed by atoms with Gasteiger partial charge in [-0.05, 0) is 19.4 Å². The quantitative estimate of drug-likeness (QED) is 0.470. The minimum atomic E-state index is 0.579. The van der Waals surface area contributed by atoms with Gasteiger partial charge in [0.1, 0.15) is 0 Å². The van der Waals surface area contributed by atoms with Gasteiger partial charge in [0, 0.05) is 18.3 Å². The Morgan fingerprint density at radius 1 is 1.36 bits per heavy atom. The third kappa shape index (κ3) is 3.59. The van der Waals surface area contributed by atoms with Crippen LogP contribution in [-0.2, 0) is 0 Å². The number of aliphatic imine (C=N–C) groups is 1. The summed E-state index contributed by atoms with van der Waals surface area (Å²) < 4.78 is 0. The van der Waals surface area contributed by atoms with Gasteiger partial charge in [-0.25, -0.2) is 0 Å².